The Morgan fingerprint density at radius 1 is 1.12 bits per heavy atom. The average molecular weight is 337 g/mol. The maximum Gasteiger partial charge on any atom is 0.137 e. The van der Waals surface area contributed by atoms with Gasteiger partial charge in [0.05, 0.1) is 17.3 Å². The fraction of sp³-hybridized carbons (Fsp3) is 0.412. The molecule has 1 spiro atoms. The number of fused-ring (bicyclic) bond motifs is 1. The molecule has 0 unspecified atom stereocenters. The molecule has 0 aromatic carbocycles. The Kier molecular flexibility index (Phi) is 2.85. The van der Waals surface area contributed by atoms with E-state index in [9.17, 15) is 5.11 Å². The zero-order valence-electron chi connectivity index (χ0n) is 13.9. The van der Waals surface area contributed by atoms with Gasteiger partial charge in [-0.1, -0.05) is 0 Å². The predicted molar refractivity (Wildman–Crippen MR) is 93.7 cm³/mol. The van der Waals surface area contributed by atoms with Gasteiger partial charge in [-0.05, 0) is 19.8 Å². The van der Waals surface area contributed by atoms with Crippen molar-refractivity contribution in [2.24, 2.45) is 5.41 Å². The first-order chi connectivity index (χ1) is 12.0. The van der Waals surface area contributed by atoms with Crippen molar-refractivity contribution in [3.63, 3.8) is 0 Å². The van der Waals surface area contributed by atoms with Gasteiger partial charge in [-0.15, -0.1) is 0 Å². The number of aromatic nitrogens is 5. The number of hydrogen-bond acceptors (Lipinski definition) is 7. The molecule has 4 heterocycles. The molecule has 3 N–H and O–H groups in total. The highest BCUT2D eigenvalue weighted by atomic mass is 16.3. The Morgan fingerprint density at radius 3 is 2.72 bits per heavy atom. The summed E-state index contributed by atoms with van der Waals surface area (Å²) in [5.74, 6) is 2.31. The normalized spacial score (nSPS) is 20.3. The Hall–Kier alpha value is -2.74. The van der Waals surface area contributed by atoms with Crippen molar-refractivity contribution in [2.45, 2.75) is 25.4 Å². The number of pyridine rings is 1. The fourth-order valence-corrected chi connectivity index (χ4v) is 4.34. The van der Waals surface area contributed by atoms with Gasteiger partial charge < -0.3 is 15.3 Å². The summed E-state index contributed by atoms with van der Waals surface area (Å²) >= 11 is 0. The molecule has 2 fully saturated rings. The highest BCUT2D eigenvalue weighted by Crippen LogP contribution is 2.54. The molecule has 1 saturated carbocycles. The number of aliphatic hydroxyl groups is 1. The van der Waals surface area contributed by atoms with E-state index in [1.54, 1.807) is 18.7 Å². The molecule has 0 atom stereocenters. The monoisotopic (exact) mass is 337 g/mol. The second-order valence-corrected chi connectivity index (χ2v) is 7.62. The van der Waals surface area contributed by atoms with Crippen LogP contribution in [0.25, 0.3) is 10.9 Å². The van der Waals surface area contributed by atoms with E-state index in [0.717, 1.165) is 42.7 Å². The zero-order valence-corrected chi connectivity index (χ0v) is 13.9. The molecule has 128 valence electrons. The lowest BCUT2D eigenvalue weighted by Gasteiger charge is -2.61. The van der Waals surface area contributed by atoms with Gasteiger partial charge in [0, 0.05) is 42.2 Å². The summed E-state index contributed by atoms with van der Waals surface area (Å²) in [7, 11) is 0. The van der Waals surface area contributed by atoms with Crippen molar-refractivity contribution in [3.8, 4) is 0 Å². The van der Waals surface area contributed by atoms with E-state index in [1.807, 2.05) is 19.1 Å². The van der Waals surface area contributed by atoms with E-state index in [-0.39, 0.29) is 5.41 Å². The van der Waals surface area contributed by atoms with Crippen molar-refractivity contribution in [1.29, 1.82) is 0 Å². The number of hydrogen-bond donors (Lipinski definition) is 3. The maximum atomic E-state index is 9.97. The van der Waals surface area contributed by atoms with E-state index < -0.39 is 5.60 Å². The van der Waals surface area contributed by atoms with Gasteiger partial charge in [-0.3, -0.25) is 5.10 Å². The predicted octanol–water partition coefficient (Wildman–Crippen LogP) is 1.84. The minimum Gasteiger partial charge on any atom is -0.390 e. The molecule has 3 aromatic heterocycles. The van der Waals surface area contributed by atoms with Crippen LogP contribution >= 0.6 is 0 Å². The number of nitrogens with one attached hydrogen (secondary N) is 2. The topological polar surface area (TPSA) is 103 Å². The van der Waals surface area contributed by atoms with Crippen LogP contribution in [0.4, 0.5) is 17.5 Å². The molecule has 8 heteroatoms. The average Bonchev–Trinajstić information content (AvgIpc) is 2.98. The summed E-state index contributed by atoms with van der Waals surface area (Å²) in [4.78, 5) is 15.3. The van der Waals surface area contributed by atoms with E-state index >= 15 is 0 Å². The van der Waals surface area contributed by atoms with Crippen LogP contribution in [0.15, 0.2) is 30.9 Å². The van der Waals surface area contributed by atoms with Crippen LogP contribution in [0.1, 0.15) is 19.8 Å². The second-order valence-electron chi connectivity index (χ2n) is 7.62. The first-order valence-corrected chi connectivity index (χ1v) is 8.36. The first-order valence-electron chi connectivity index (χ1n) is 8.36. The third-order valence-electron chi connectivity index (χ3n) is 5.12. The summed E-state index contributed by atoms with van der Waals surface area (Å²) in [6.07, 6.45) is 6.83. The Morgan fingerprint density at radius 2 is 1.92 bits per heavy atom. The first kappa shape index (κ1) is 14.6. The number of H-pyrrole nitrogens is 1. The van der Waals surface area contributed by atoms with Crippen LogP contribution < -0.4 is 10.2 Å². The number of aromatic amines is 1. The largest absolute Gasteiger partial charge is 0.390 e. The molecule has 3 aromatic rings. The van der Waals surface area contributed by atoms with Gasteiger partial charge in [0.2, 0.25) is 0 Å². The quantitative estimate of drug-likeness (QED) is 0.670. The highest BCUT2D eigenvalue weighted by molar-refractivity contribution is 5.80. The van der Waals surface area contributed by atoms with Crippen LogP contribution in [-0.2, 0) is 0 Å². The van der Waals surface area contributed by atoms with E-state index in [4.69, 9.17) is 0 Å². The summed E-state index contributed by atoms with van der Waals surface area (Å²) in [6.45, 7) is 3.80. The molecule has 1 aliphatic carbocycles. The Labute approximate surface area is 144 Å². The molecule has 1 saturated heterocycles. The standard InChI is InChI=1S/C17H19N7O/c1-16(25)6-17(7-16)8-24(9-17)15-3-14(19-10-20-15)22-13-2-12-11(4-18-13)5-21-23-12/h2-5,10,25H,6-9H2,1H3,(H,21,23)(H,18,19,20,22). The van der Waals surface area contributed by atoms with E-state index in [0.29, 0.717) is 11.6 Å². The van der Waals surface area contributed by atoms with Crippen LogP contribution in [0, 0.1) is 5.41 Å². The van der Waals surface area contributed by atoms with Crippen molar-refractivity contribution < 1.29 is 5.11 Å². The van der Waals surface area contributed by atoms with E-state index in [1.165, 1.54) is 0 Å². The van der Waals surface area contributed by atoms with Gasteiger partial charge in [0.15, 0.2) is 0 Å². The molecule has 0 bridgehead atoms. The smallest absolute Gasteiger partial charge is 0.137 e. The molecule has 0 amide bonds. The van der Waals surface area contributed by atoms with Gasteiger partial charge in [0.1, 0.15) is 23.8 Å². The summed E-state index contributed by atoms with van der Waals surface area (Å²) in [5.41, 5.74) is 0.713. The summed E-state index contributed by atoms with van der Waals surface area (Å²) in [5, 5.41) is 21.1. The highest BCUT2D eigenvalue weighted by Gasteiger charge is 2.57. The van der Waals surface area contributed by atoms with Crippen molar-refractivity contribution in [3.05, 3.63) is 30.9 Å². The zero-order chi connectivity index (χ0) is 17.1. The molecule has 25 heavy (non-hydrogen) atoms. The molecule has 5 rings (SSSR count). The minimum atomic E-state index is -0.485. The lowest BCUT2D eigenvalue weighted by Crippen LogP contribution is -2.67. The maximum absolute atomic E-state index is 9.97. The SMILES string of the molecule is CC1(O)CC2(CN(c3cc(Nc4cc5[nH]ncc5cn4)ncn3)C2)C1. The van der Waals surface area contributed by atoms with Crippen molar-refractivity contribution in [2.75, 3.05) is 23.3 Å². The number of anilines is 3. The third-order valence-corrected chi connectivity index (χ3v) is 5.12. The molecule has 0 radical (unpaired) electrons. The number of nitrogens with zero attached hydrogens (tertiary/aromatic N) is 5. The third kappa shape index (κ3) is 2.49. The van der Waals surface area contributed by atoms with Crippen LogP contribution in [0.5, 0.6) is 0 Å². The lowest BCUT2D eigenvalue weighted by atomic mass is 9.56. The van der Waals surface area contributed by atoms with Gasteiger partial charge in [-0.25, -0.2) is 15.0 Å². The molecule has 8 nitrogen and oxygen atoms in total. The van der Waals surface area contributed by atoms with Crippen LogP contribution in [0.2, 0.25) is 0 Å². The minimum absolute atomic E-state index is 0.273. The van der Waals surface area contributed by atoms with Crippen molar-refractivity contribution >= 4 is 28.4 Å². The molecule has 2 aliphatic rings. The summed E-state index contributed by atoms with van der Waals surface area (Å²) in [6, 6.07) is 3.84. The second kappa shape index (κ2) is 4.89. The Balaban J connectivity index is 1.30. The van der Waals surface area contributed by atoms with Crippen LogP contribution in [-0.4, -0.2) is 48.9 Å². The molecule has 1 aliphatic heterocycles. The van der Waals surface area contributed by atoms with Crippen molar-refractivity contribution in [1.82, 2.24) is 25.1 Å². The fourth-order valence-electron chi connectivity index (χ4n) is 4.34. The van der Waals surface area contributed by atoms with Crippen LogP contribution in [0.3, 0.4) is 0 Å². The van der Waals surface area contributed by atoms with Gasteiger partial charge in [-0.2, -0.15) is 5.10 Å². The molecular weight excluding hydrogens is 318 g/mol. The summed E-state index contributed by atoms with van der Waals surface area (Å²) < 4.78 is 0. The van der Waals surface area contributed by atoms with Gasteiger partial charge >= 0.3 is 0 Å². The molecular formula is C17H19N7O. The van der Waals surface area contributed by atoms with Gasteiger partial charge in [0.25, 0.3) is 0 Å². The van der Waals surface area contributed by atoms with E-state index in [2.05, 4.69) is 35.4 Å². The lowest BCUT2D eigenvalue weighted by molar-refractivity contribution is -0.126. The number of rotatable bonds is 3. The Bertz CT molecular complexity index is 935.